The van der Waals surface area contributed by atoms with E-state index >= 15 is 0 Å². The third-order valence-electron chi connectivity index (χ3n) is 5.92. The predicted molar refractivity (Wildman–Crippen MR) is 109 cm³/mol. The van der Waals surface area contributed by atoms with Crippen molar-refractivity contribution >= 4 is 21.9 Å². The lowest BCUT2D eigenvalue weighted by atomic mass is 9.97. The first-order valence-corrected chi connectivity index (χ1v) is 11.9. The van der Waals surface area contributed by atoms with Crippen LogP contribution in [0, 0.1) is 0 Å². The molecule has 0 bridgehead atoms. The van der Waals surface area contributed by atoms with Gasteiger partial charge in [-0.1, -0.05) is 25.3 Å². The van der Waals surface area contributed by atoms with Crippen LogP contribution in [0.1, 0.15) is 69.2 Å². The lowest BCUT2D eigenvalue weighted by Crippen LogP contribution is -2.53. The number of hydrogen-bond acceptors (Lipinski definition) is 5. The van der Waals surface area contributed by atoms with Gasteiger partial charge in [-0.3, -0.25) is 4.79 Å². The first-order chi connectivity index (χ1) is 13.8. The highest BCUT2D eigenvalue weighted by molar-refractivity contribution is 7.89. The van der Waals surface area contributed by atoms with Crippen LogP contribution in [0.3, 0.4) is 0 Å². The van der Waals surface area contributed by atoms with Crippen molar-refractivity contribution in [1.82, 2.24) is 9.62 Å². The number of hydrogen-bond donors (Lipinski definition) is 1. The van der Waals surface area contributed by atoms with E-state index in [2.05, 4.69) is 5.32 Å². The van der Waals surface area contributed by atoms with Crippen molar-refractivity contribution in [3.05, 3.63) is 29.8 Å². The molecule has 1 saturated carbocycles. The van der Waals surface area contributed by atoms with Crippen LogP contribution in [-0.2, 0) is 19.6 Å². The van der Waals surface area contributed by atoms with Gasteiger partial charge in [-0.2, -0.15) is 4.31 Å². The molecule has 0 radical (unpaired) electrons. The Labute approximate surface area is 172 Å². The fraction of sp³-hybridized carbons (Fsp3) is 0.619. The molecule has 160 valence electrons. The Balaban J connectivity index is 1.83. The molecule has 1 aromatic rings. The SMILES string of the molecule is CCOC(=O)C1(NC(=O)c2cccc(S(=O)(=O)N3CCCCC3C)c2)CCCC1. The molecule has 29 heavy (non-hydrogen) atoms. The highest BCUT2D eigenvalue weighted by atomic mass is 32.2. The van der Waals surface area contributed by atoms with Crippen LogP contribution in [-0.4, -0.2) is 49.3 Å². The Morgan fingerprint density at radius 2 is 1.93 bits per heavy atom. The number of amides is 1. The average Bonchev–Trinajstić information content (AvgIpc) is 3.18. The van der Waals surface area contributed by atoms with Gasteiger partial charge < -0.3 is 10.1 Å². The number of carbonyl (C=O) groups excluding carboxylic acids is 2. The summed E-state index contributed by atoms with van der Waals surface area (Å²) >= 11 is 0. The molecule has 1 aromatic carbocycles. The summed E-state index contributed by atoms with van der Waals surface area (Å²) in [4.78, 5) is 25.5. The highest BCUT2D eigenvalue weighted by Crippen LogP contribution is 2.32. The molecule has 2 fully saturated rings. The Morgan fingerprint density at radius 1 is 1.21 bits per heavy atom. The van der Waals surface area contributed by atoms with Crippen LogP contribution >= 0.6 is 0 Å². The Kier molecular flexibility index (Phi) is 6.63. The molecule has 1 amide bonds. The molecule has 1 heterocycles. The summed E-state index contributed by atoms with van der Waals surface area (Å²) in [5.41, 5.74) is -0.796. The predicted octanol–water partition coefficient (Wildman–Crippen LogP) is 2.86. The van der Waals surface area contributed by atoms with Gasteiger partial charge in [0.25, 0.3) is 5.91 Å². The van der Waals surface area contributed by atoms with Gasteiger partial charge in [-0.25, -0.2) is 13.2 Å². The number of carbonyl (C=O) groups is 2. The number of nitrogens with zero attached hydrogens (tertiary/aromatic N) is 1. The van der Waals surface area contributed by atoms with Crippen LogP contribution in [0.4, 0.5) is 0 Å². The topological polar surface area (TPSA) is 92.8 Å². The highest BCUT2D eigenvalue weighted by Gasteiger charge is 2.44. The zero-order valence-electron chi connectivity index (χ0n) is 17.1. The maximum absolute atomic E-state index is 13.1. The fourth-order valence-corrected chi connectivity index (χ4v) is 6.03. The summed E-state index contributed by atoms with van der Waals surface area (Å²) in [7, 11) is -3.67. The van der Waals surface area contributed by atoms with Gasteiger partial charge in [0.05, 0.1) is 11.5 Å². The van der Waals surface area contributed by atoms with Crippen molar-refractivity contribution in [3.63, 3.8) is 0 Å². The van der Waals surface area contributed by atoms with Crippen LogP contribution in [0.5, 0.6) is 0 Å². The van der Waals surface area contributed by atoms with E-state index in [1.165, 1.54) is 16.4 Å². The van der Waals surface area contributed by atoms with Gasteiger partial charge in [-0.15, -0.1) is 0 Å². The molecular weight excluding hydrogens is 392 g/mol. The van der Waals surface area contributed by atoms with Crippen molar-refractivity contribution in [1.29, 1.82) is 0 Å². The van der Waals surface area contributed by atoms with Crippen molar-refractivity contribution in [2.75, 3.05) is 13.2 Å². The minimum absolute atomic E-state index is 0.0585. The second kappa shape index (κ2) is 8.83. The first kappa shape index (κ1) is 21.8. The molecule has 3 rings (SSSR count). The van der Waals surface area contributed by atoms with Crippen LogP contribution < -0.4 is 5.32 Å². The molecule has 1 unspecified atom stereocenters. The minimum Gasteiger partial charge on any atom is -0.464 e. The van der Waals surface area contributed by atoms with Crippen LogP contribution in [0.15, 0.2) is 29.2 Å². The van der Waals surface area contributed by atoms with Crippen molar-refractivity contribution < 1.29 is 22.7 Å². The number of rotatable bonds is 6. The molecule has 2 aliphatic rings. The molecule has 1 N–H and O–H groups in total. The second-order valence-electron chi connectivity index (χ2n) is 7.95. The molecular formula is C21H30N2O5S. The standard InChI is InChI=1S/C21H30N2O5S/c1-3-28-20(25)21(12-5-6-13-21)22-19(24)17-10-8-11-18(15-17)29(26,27)23-14-7-4-9-16(23)2/h8,10-11,15-16H,3-7,9,12-14H2,1-2H3,(H,22,24). The van der Waals surface area contributed by atoms with Gasteiger partial charge in [0.15, 0.2) is 0 Å². The van der Waals surface area contributed by atoms with Gasteiger partial charge >= 0.3 is 5.97 Å². The number of esters is 1. The largest absolute Gasteiger partial charge is 0.464 e. The summed E-state index contributed by atoms with van der Waals surface area (Å²) in [6, 6.07) is 6.00. The van der Waals surface area contributed by atoms with Crippen LogP contribution in [0.2, 0.25) is 0 Å². The fourth-order valence-electron chi connectivity index (χ4n) is 4.28. The molecule has 1 aliphatic heterocycles. The molecule has 1 aliphatic carbocycles. The Hall–Kier alpha value is -1.93. The van der Waals surface area contributed by atoms with E-state index in [1.54, 1.807) is 19.1 Å². The number of ether oxygens (including phenoxy) is 1. The summed E-state index contributed by atoms with van der Waals surface area (Å²) in [6.07, 6.45) is 5.42. The van der Waals surface area contributed by atoms with Gasteiger partial charge in [0, 0.05) is 18.2 Å². The monoisotopic (exact) mass is 422 g/mol. The molecule has 1 atom stereocenters. The van der Waals surface area contributed by atoms with E-state index < -0.39 is 27.4 Å². The molecule has 8 heteroatoms. The number of sulfonamides is 1. The summed E-state index contributed by atoms with van der Waals surface area (Å²) < 4.78 is 32.9. The number of benzene rings is 1. The number of piperidine rings is 1. The van der Waals surface area contributed by atoms with Crippen molar-refractivity contribution in [3.8, 4) is 0 Å². The van der Waals surface area contributed by atoms with Gasteiger partial charge in [0.1, 0.15) is 5.54 Å². The first-order valence-electron chi connectivity index (χ1n) is 10.4. The van der Waals surface area contributed by atoms with Crippen LogP contribution in [0.25, 0.3) is 0 Å². The molecule has 7 nitrogen and oxygen atoms in total. The van der Waals surface area contributed by atoms with E-state index in [9.17, 15) is 18.0 Å². The average molecular weight is 423 g/mol. The van der Waals surface area contributed by atoms with Gasteiger partial charge in [0.2, 0.25) is 10.0 Å². The van der Waals surface area contributed by atoms with E-state index in [0.717, 1.165) is 32.1 Å². The lowest BCUT2D eigenvalue weighted by molar-refractivity contribution is -0.150. The Morgan fingerprint density at radius 3 is 2.59 bits per heavy atom. The second-order valence-corrected chi connectivity index (χ2v) is 9.84. The van der Waals surface area contributed by atoms with Gasteiger partial charge in [-0.05, 0) is 57.7 Å². The smallest absolute Gasteiger partial charge is 0.331 e. The van der Waals surface area contributed by atoms with E-state index in [0.29, 0.717) is 19.4 Å². The van der Waals surface area contributed by atoms with E-state index in [-0.39, 0.29) is 23.1 Å². The summed E-state index contributed by atoms with van der Waals surface area (Å²) in [5.74, 6) is -0.875. The van der Waals surface area contributed by atoms with Crippen molar-refractivity contribution in [2.45, 2.75) is 75.3 Å². The molecule has 0 aromatic heterocycles. The van der Waals surface area contributed by atoms with Crippen molar-refractivity contribution in [2.24, 2.45) is 0 Å². The zero-order chi connectivity index (χ0) is 21.1. The lowest BCUT2D eigenvalue weighted by Gasteiger charge is -2.32. The maximum atomic E-state index is 13.1. The minimum atomic E-state index is -3.67. The third kappa shape index (κ3) is 4.48. The molecule has 1 saturated heterocycles. The third-order valence-corrected chi connectivity index (χ3v) is 7.93. The summed E-state index contributed by atoms with van der Waals surface area (Å²) in [6.45, 7) is 4.39. The zero-order valence-corrected chi connectivity index (χ0v) is 18.0. The number of nitrogens with one attached hydrogen (secondary N) is 1. The maximum Gasteiger partial charge on any atom is 0.331 e. The van der Waals surface area contributed by atoms with E-state index in [1.807, 2.05) is 6.92 Å². The van der Waals surface area contributed by atoms with E-state index in [4.69, 9.17) is 4.74 Å². The molecule has 0 spiro atoms. The quantitative estimate of drug-likeness (QED) is 0.712. The Bertz CT molecular complexity index is 862. The summed E-state index contributed by atoms with van der Waals surface area (Å²) in [5, 5.41) is 2.84. The normalized spacial score (nSPS) is 22.2.